The minimum Gasteiger partial charge on any atom is -0.304 e. The second-order valence-electron chi connectivity index (χ2n) is 5.95. The summed E-state index contributed by atoms with van der Waals surface area (Å²) in [5.41, 5.74) is 0. The van der Waals surface area contributed by atoms with Gasteiger partial charge in [0.1, 0.15) is 0 Å². The molecule has 1 amide bonds. The standard InChI is InChI=1S/C13H20N2OS/c1-7(2)11-12(16)15-13(17-11)14-10-6-8-3-4-9(10)5-8/h7-11H,3-6H2,1-2H3,(H,14,15,16)/t8-,9+,10-,11+/m1/s1. The van der Waals surface area contributed by atoms with Gasteiger partial charge in [0.15, 0.2) is 5.17 Å². The van der Waals surface area contributed by atoms with Gasteiger partial charge in [0, 0.05) is 0 Å². The number of hydrogen-bond donors (Lipinski definition) is 1. The Bertz CT molecular complexity index is 366. The number of carbonyl (C=O) groups is 1. The van der Waals surface area contributed by atoms with Crippen molar-refractivity contribution in [1.29, 1.82) is 0 Å². The molecule has 2 aliphatic carbocycles. The average molecular weight is 252 g/mol. The third kappa shape index (κ3) is 2.12. The smallest absolute Gasteiger partial charge is 0.239 e. The molecule has 4 heteroatoms. The largest absolute Gasteiger partial charge is 0.304 e. The van der Waals surface area contributed by atoms with E-state index >= 15 is 0 Å². The minimum atomic E-state index is 0.0624. The first-order chi connectivity index (χ1) is 8.13. The highest BCUT2D eigenvalue weighted by atomic mass is 32.2. The number of nitrogens with one attached hydrogen (secondary N) is 1. The number of amides is 1. The molecule has 0 aromatic rings. The van der Waals surface area contributed by atoms with Crippen LogP contribution in [0.1, 0.15) is 39.5 Å². The van der Waals surface area contributed by atoms with Gasteiger partial charge in [0.25, 0.3) is 0 Å². The fraction of sp³-hybridized carbons (Fsp3) is 0.846. The van der Waals surface area contributed by atoms with E-state index in [1.54, 1.807) is 11.8 Å². The molecule has 3 fully saturated rings. The van der Waals surface area contributed by atoms with Crippen LogP contribution in [0, 0.1) is 17.8 Å². The van der Waals surface area contributed by atoms with Crippen molar-refractivity contribution in [3.63, 3.8) is 0 Å². The second kappa shape index (κ2) is 4.30. The lowest BCUT2D eigenvalue weighted by Crippen LogP contribution is -2.28. The molecule has 0 spiro atoms. The van der Waals surface area contributed by atoms with Crippen LogP contribution in [0.2, 0.25) is 0 Å². The average Bonchev–Trinajstić information content (AvgIpc) is 2.93. The van der Waals surface area contributed by atoms with Crippen molar-refractivity contribution >= 4 is 22.8 Å². The Kier molecular flexibility index (Phi) is 2.93. The van der Waals surface area contributed by atoms with Gasteiger partial charge < -0.3 is 5.32 Å². The van der Waals surface area contributed by atoms with E-state index in [2.05, 4.69) is 19.2 Å². The lowest BCUT2D eigenvalue weighted by molar-refractivity contribution is -0.119. The second-order valence-corrected chi connectivity index (χ2v) is 7.08. The maximum absolute atomic E-state index is 11.7. The number of carbonyl (C=O) groups excluding carboxylic acids is 1. The zero-order valence-electron chi connectivity index (χ0n) is 10.5. The van der Waals surface area contributed by atoms with Crippen LogP contribution in [-0.2, 0) is 4.79 Å². The Morgan fingerprint density at radius 3 is 2.71 bits per heavy atom. The van der Waals surface area contributed by atoms with Crippen molar-refractivity contribution in [3.05, 3.63) is 0 Å². The Labute approximate surface area is 107 Å². The molecule has 1 saturated heterocycles. The molecular formula is C13H20N2OS. The molecular weight excluding hydrogens is 232 g/mol. The number of nitrogens with zero attached hydrogens (tertiary/aromatic N) is 1. The number of rotatable bonds is 2. The molecule has 2 saturated carbocycles. The van der Waals surface area contributed by atoms with Crippen molar-refractivity contribution in [3.8, 4) is 0 Å². The molecule has 0 unspecified atom stereocenters. The van der Waals surface area contributed by atoms with E-state index in [0.717, 1.165) is 17.0 Å². The summed E-state index contributed by atoms with van der Waals surface area (Å²) in [6.45, 7) is 4.19. The fourth-order valence-electron chi connectivity index (χ4n) is 3.40. The summed E-state index contributed by atoms with van der Waals surface area (Å²) < 4.78 is 0. The van der Waals surface area contributed by atoms with E-state index in [1.165, 1.54) is 25.7 Å². The number of fused-ring (bicyclic) bond motifs is 2. The molecule has 3 rings (SSSR count). The van der Waals surface area contributed by atoms with Crippen LogP contribution in [0.25, 0.3) is 0 Å². The van der Waals surface area contributed by atoms with Crippen molar-refractivity contribution in [2.45, 2.75) is 50.8 Å². The van der Waals surface area contributed by atoms with Crippen LogP contribution >= 0.6 is 11.8 Å². The maximum Gasteiger partial charge on any atom is 0.239 e. The van der Waals surface area contributed by atoms with Gasteiger partial charge in [-0.3, -0.25) is 9.79 Å². The predicted molar refractivity (Wildman–Crippen MR) is 71.0 cm³/mol. The molecule has 0 aromatic carbocycles. The Balaban J connectivity index is 1.68. The first-order valence-electron chi connectivity index (χ1n) is 6.69. The zero-order valence-corrected chi connectivity index (χ0v) is 11.3. The molecule has 1 heterocycles. The first-order valence-corrected chi connectivity index (χ1v) is 7.56. The summed E-state index contributed by atoms with van der Waals surface area (Å²) in [5.74, 6) is 2.24. The molecule has 4 atom stereocenters. The van der Waals surface area contributed by atoms with Crippen molar-refractivity contribution in [2.75, 3.05) is 0 Å². The van der Waals surface area contributed by atoms with Gasteiger partial charge in [-0.1, -0.05) is 32.0 Å². The van der Waals surface area contributed by atoms with E-state index in [4.69, 9.17) is 4.99 Å². The van der Waals surface area contributed by atoms with Crippen molar-refractivity contribution in [2.24, 2.45) is 22.7 Å². The molecule has 1 N–H and O–H groups in total. The number of hydrogen-bond acceptors (Lipinski definition) is 3. The molecule has 1 aliphatic heterocycles. The SMILES string of the molecule is CC(C)[C@@H]1SC(=N[C@@H]2C[C@@H]3CC[C@H]2C3)NC1=O. The summed E-state index contributed by atoms with van der Waals surface area (Å²) in [6, 6.07) is 0.488. The Morgan fingerprint density at radius 1 is 1.35 bits per heavy atom. The number of thioether (sulfide) groups is 1. The van der Waals surface area contributed by atoms with Crippen LogP contribution in [0.5, 0.6) is 0 Å². The van der Waals surface area contributed by atoms with Crippen LogP contribution in [0.3, 0.4) is 0 Å². The summed E-state index contributed by atoms with van der Waals surface area (Å²) >= 11 is 1.63. The Morgan fingerprint density at radius 2 is 2.18 bits per heavy atom. The quantitative estimate of drug-likeness (QED) is 0.820. The molecule has 3 aliphatic rings. The Hall–Kier alpha value is -0.510. The monoisotopic (exact) mass is 252 g/mol. The van der Waals surface area contributed by atoms with E-state index in [-0.39, 0.29) is 11.2 Å². The summed E-state index contributed by atoms with van der Waals surface area (Å²) in [6.07, 6.45) is 5.36. The van der Waals surface area contributed by atoms with Crippen molar-refractivity contribution in [1.82, 2.24) is 5.32 Å². The topological polar surface area (TPSA) is 41.5 Å². The third-order valence-electron chi connectivity index (χ3n) is 4.32. The fourth-order valence-corrected chi connectivity index (χ4v) is 4.44. The van der Waals surface area contributed by atoms with Gasteiger partial charge in [-0.15, -0.1) is 0 Å². The number of aliphatic imine (C=N–C) groups is 1. The molecule has 3 nitrogen and oxygen atoms in total. The normalized spacial score (nSPS) is 42.8. The lowest BCUT2D eigenvalue weighted by atomic mass is 9.96. The summed E-state index contributed by atoms with van der Waals surface area (Å²) in [4.78, 5) is 16.5. The zero-order chi connectivity index (χ0) is 12.0. The summed E-state index contributed by atoms with van der Waals surface area (Å²) in [5, 5.41) is 3.89. The van der Waals surface area contributed by atoms with E-state index in [0.29, 0.717) is 12.0 Å². The van der Waals surface area contributed by atoms with Crippen LogP contribution in [0.15, 0.2) is 4.99 Å². The first kappa shape index (κ1) is 11.6. The van der Waals surface area contributed by atoms with Gasteiger partial charge in [-0.25, -0.2) is 0 Å². The molecule has 17 heavy (non-hydrogen) atoms. The van der Waals surface area contributed by atoms with Gasteiger partial charge in [0.2, 0.25) is 5.91 Å². The lowest BCUT2D eigenvalue weighted by Gasteiger charge is -2.17. The molecule has 0 aromatic heterocycles. The van der Waals surface area contributed by atoms with Gasteiger partial charge in [-0.2, -0.15) is 0 Å². The maximum atomic E-state index is 11.7. The van der Waals surface area contributed by atoms with Gasteiger partial charge >= 0.3 is 0 Å². The third-order valence-corrected chi connectivity index (χ3v) is 5.76. The van der Waals surface area contributed by atoms with E-state index < -0.39 is 0 Å². The molecule has 94 valence electrons. The molecule has 0 radical (unpaired) electrons. The van der Waals surface area contributed by atoms with E-state index in [9.17, 15) is 4.79 Å². The van der Waals surface area contributed by atoms with Crippen LogP contribution < -0.4 is 5.32 Å². The van der Waals surface area contributed by atoms with E-state index in [1.807, 2.05) is 0 Å². The van der Waals surface area contributed by atoms with Crippen molar-refractivity contribution < 1.29 is 4.79 Å². The predicted octanol–water partition coefficient (Wildman–Crippen LogP) is 2.42. The number of amidine groups is 1. The van der Waals surface area contributed by atoms with Gasteiger partial charge in [-0.05, 0) is 37.0 Å². The van der Waals surface area contributed by atoms with Crippen LogP contribution in [-0.4, -0.2) is 22.4 Å². The highest BCUT2D eigenvalue weighted by Gasteiger charge is 2.41. The highest BCUT2D eigenvalue weighted by Crippen LogP contribution is 2.46. The highest BCUT2D eigenvalue weighted by molar-refractivity contribution is 8.15. The van der Waals surface area contributed by atoms with Gasteiger partial charge in [0.05, 0.1) is 11.3 Å². The molecule has 2 bridgehead atoms. The van der Waals surface area contributed by atoms with Crippen LogP contribution in [0.4, 0.5) is 0 Å². The minimum absolute atomic E-state index is 0.0624. The summed E-state index contributed by atoms with van der Waals surface area (Å²) in [7, 11) is 0.